The summed E-state index contributed by atoms with van der Waals surface area (Å²) >= 11 is 0. The van der Waals surface area contributed by atoms with Crippen molar-refractivity contribution in [1.82, 2.24) is 101 Å². The highest BCUT2D eigenvalue weighted by molar-refractivity contribution is 6.16. The van der Waals surface area contributed by atoms with E-state index >= 15 is 0 Å². The van der Waals surface area contributed by atoms with E-state index in [0.717, 1.165) is 245 Å². The van der Waals surface area contributed by atoms with Crippen LogP contribution in [0.3, 0.4) is 0 Å². The molecule has 7 fully saturated rings. The fourth-order valence-electron chi connectivity index (χ4n) is 19.8. The molecule has 0 saturated carbocycles. The van der Waals surface area contributed by atoms with Crippen molar-refractivity contribution in [3.05, 3.63) is 151 Å². The number of pyridine rings is 10. The second-order valence-electron chi connectivity index (χ2n) is 34.4. The summed E-state index contributed by atoms with van der Waals surface area (Å²) < 4.78 is 20.0. The van der Waals surface area contributed by atoms with E-state index in [1.807, 2.05) is 64.7 Å². The van der Waals surface area contributed by atoms with Gasteiger partial charge >= 0.3 is 0 Å². The van der Waals surface area contributed by atoms with Gasteiger partial charge in [0.15, 0.2) is 0 Å². The average molecular weight is 1730 g/mol. The van der Waals surface area contributed by atoms with Crippen LogP contribution in [0.1, 0.15) is 139 Å². The molecule has 15 aromatic heterocycles. The molecule has 0 unspecified atom stereocenters. The van der Waals surface area contributed by atoms with Crippen molar-refractivity contribution < 1.29 is 18.7 Å². The Morgan fingerprint density at radius 2 is 0.736 bits per heavy atom. The number of piperazine rings is 2. The Morgan fingerprint density at radius 1 is 0.403 bits per heavy atom. The molecule has 0 aromatic carbocycles. The number of nitrogens with zero attached hydrogens (tertiary/aromatic N) is 21. The van der Waals surface area contributed by atoms with Crippen molar-refractivity contribution in [2.24, 2.45) is 11.8 Å². The van der Waals surface area contributed by atoms with Gasteiger partial charge in [-0.1, -0.05) is 26.7 Å². The van der Waals surface area contributed by atoms with Crippen LogP contribution in [0.4, 0.5) is 27.1 Å². The molecule has 656 valence electrons. The van der Waals surface area contributed by atoms with Crippen molar-refractivity contribution in [3.63, 3.8) is 0 Å². The normalized spacial score (nSPS) is 19.5. The quantitative estimate of drug-likeness (QED) is 0.0501. The van der Waals surface area contributed by atoms with Crippen LogP contribution in [0.25, 0.3) is 110 Å². The third kappa shape index (κ3) is 18.4. The number of carbonyl (C=O) groups is 2. The maximum absolute atomic E-state index is 14.1. The third-order valence-corrected chi connectivity index (χ3v) is 26.2. The Morgan fingerprint density at radius 3 is 1.06 bits per heavy atom. The van der Waals surface area contributed by atoms with Gasteiger partial charge in [-0.3, -0.25) is 9.59 Å². The van der Waals surface area contributed by atoms with Crippen LogP contribution in [-0.2, 0) is 9.59 Å². The average Bonchev–Trinajstić information content (AvgIpc) is 1.64. The van der Waals surface area contributed by atoms with E-state index in [2.05, 4.69) is 161 Å². The number of rotatable bonds is 14. The molecule has 129 heavy (non-hydrogen) atoms. The molecule has 22 rings (SSSR count). The molecular formula is C96H102FN29O3. The van der Waals surface area contributed by atoms with E-state index in [0.29, 0.717) is 84.3 Å². The first-order chi connectivity index (χ1) is 63.3. The molecule has 32 nitrogen and oxygen atoms in total. The van der Waals surface area contributed by atoms with Crippen LogP contribution in [0.5, 0.6) is 5.75 Å². The van der Waals surface area contributed by atoms with Crippen molar-refractivity contribution in [3.8, 4) is 36.1 Å². The smallest absolute Gasteiger partial charge is 0.224 e. The number of alkyl halides is 1. The minimum atomic E-state index is -0.999. The van der Waals surface area contributed by atoms with Crippen molar-refractivity contribution in [2.45, 2.75) is 135 Å². The van der Waals surface area contributed by atoms with Crippen LogP contribution in [0, 0.1) is 68.5 Å². The molecule has 0 spiro atoms. The van der Waals surface area contributed by atoms with Gasteiger partial charge in [-0.05, 0) is 163 Å². The van der Waals surface area contributed by atoms with Gasteiger partial charge in [0.1, 0.15) is 105 Å². The van der Waals surface area contributed by atoms with Crippen LogP contribution in [-0.4, -0.2) is 225 Å². The molecule has 0 bridgehead atoms. The summed E-state index contributed by atoms with van der Waals surface area (Å²) in [5, 5.41) is 65.6. The topological polar surface area (TPSA) is 426 Å². The number of hydrogen-bond acceptors (Lipinski definition) is 25. The number of aromatic amines is 5. The number of nitriles is 5. The zero-order valence-corrected chi connectivity index (χ0v) is 72.4. The number of H-pyrrole nitrogens is 5. The van der Waals surface area contributed by atoms with E-state index in [1.54, 1.807) is 61.7 Å². The van der Waals surface area contributed by atoms with Crippen molar-refractivity contribution in [2.75, 3.05) is 124 Å². The van der Waals surface area contributed by atoms with Gasteiger partial charge < -0.3 is 75.0 Å². The number of fused-ring (bicyclic) bond motifs is 15. The highest BCUT2D eigenvalue weighted by Crippen LogP contribution is 2.41. The second-order valence-corrected chi connectivity index (χ2v) is 34.4. The Hall–Kier alpha value is -14.3. The lowest BCUT2D eigenvalue weighted by molar-refractivity contribution is -0.132. The van der Waals surface area contributed by atoms with Crippen LogP contribution in [0.2, 0.25) is 0 Å². The van der Waals surface area contributed by atoms with Gasteiger partial charge in [-0.2, -0.15) is 26.3 Å². The molecule has 7 aliphatic rings. The standard InChI is InChI=1S/2C21H23N7O.2C19H21N5.C16H14FN5O/c2*22-12-15-10-16-17(13-25-15)26-21-20(16)18(3-5-24-21)27-6-8-28(9-7-27)19(29)11-14-2-1-4-23-14;2*1-2-4-13-5-3-8-24(12-13)17-6-7-21-19-18(17)15-9-14(10-20)22-11-16(15)23-19;17-11-1-3-19-8-14(11)23-13-2-4-20-16-15(13)10-5-9(6-18)21-7-12(10)22-16/h2*3,5,10,13-14,23H,1-2,4,6-9,11H2,(H,24,26);2*6-7,9,11,13H,2-5,8,12H2,1H3,(H,21,23);2,4-5,7,11,14,19H,1,3,8H2,(H,20,22)/t2*14-;2*13-;11-,14+/m10101/s1. The first-order valence-electron chi connectivity index (χ1n) is 45.2. The summed E-state index contributed by atoms with van der Waals surface area (Å²) in [6.07, 6.45) is 32.2. The first-order valence-corrected chi connectivity index (χ1v) is 45.2. The highest BCUT2D eigenvalue weighted by Gasteiger charge is 2.33. The predicted molar refractivity (Wildman–Crippen MR) is 496 cm³/mol. The van der Waals surface area contributed by atoms with E-state index < -0.39 is 12.3 Å². The number of ether oxygens (including phenoxy) is 1. The lowest BCUT2D eigenvalue weighted by Gasteiger charge is -2.36. The molecule has 15 aromatic rings. The number of carbonyl (C=O) groups excluding carboxylic acids is 2. The Labute approximate surface area is 743 Å². The molecule has 0 aliphatic carbocycles. The van der Waals surface area contributed by atoms with E-state index in [1.165, 1.54) is 62.7 Å². The van der Waals surface area contributed by atoms with Crippen LogP contribution in [0.15, 0.2) is 123 Å². The van der Waals surface area contributed by atoms with Crippen LogP contribution < -0.4 is 40.3 Å². The molecule has 7 saturated heterocycles. The Bertz CT molecular complexity index is 6520. The zero-order valence-electron chi connectivity index (χ0n) is 72.4. The minimum absolute atomic E-state index is 0.251. The lowest BCUT2D eigenvalue weighted by Crippen LogP contribution is -2.49. The molecule has 2 amide bonds. The molecule has 33 heteroatoms. The summed E-state index contributed by atoms with van der Waals surface area (Å²) in [5.41, 5.74) is 15.0. The molecule has 8 N–H and O–H groups in total. The summed E-state index contributed by atoms with van der Waals surface area (Å²) in [4.78, 5) is 98.1. The summed E-state index contributed by atoms with van der Waals surface area (Å²) in [6, 6.07) is 30.2. The molecule has 7 aliphatic heterocycles. The Balaban J connectivity index is 0.000000109. The fourth-order valence-corrected chi connectivity index (χ4v) is 19.8. The Kier molecular flexibility index (Phi) is 25.8. The molecular weight excluding hydrogens is 1630 g/mol. The van der Waals surface area contributed by atoms with Gasteiger partial charge in [0, 0.05) is 179 Å². The summed E-state index contributed by atoms with van der Waals surface area (Å²) in [5.74, 6) is 2.61. The number of amides is 2. The predicted octanol–water partition coefficient (Wildman–Crippen LogP) is 13.6. The number of halogens is 1. The third-order valence-electron chi connectivity index (χ3n) is 26.2. The molecule has 22 heterocycles. The summed E-state index contributed by atoms with van der Waals surface area (Å²) in [6.45, 7) is 18.1. The van der Waals surface area contributed by atoms with E-state index in [9.17, 15) is 24.5 Å². The first kappa shape index (κ1) is 85.5. The molecule has 6 atom stereocenters. The number of aromatic nitrogens is 15. The fraction of sp³-hybridized carbons (Fsp3) is 0.406. The lowest BCUT2D eigenvalue weighted by atomic mass is 9.93. The number of anilines is 4. The van der Waals surface area contributed by atoms with Crippen molar-refractivity contribution >= 4 is 144 Å². The minimum Gasteiger partial charge on any atom is -0.485 e. The highest BCUT2D eigenvalue weighted by atomic mass is 19.1. The SMILES string of the molecule is CCC[C@@H]1CCCN(c2ccnc3[nH]c4cnc(C#N)cc4c23)C1.CCC[C@H]1CCCN(c2ccnc3[nH]c4cnc(C#N)cc4c23)C1.N#Cc1cc2c(cn1)[nH]c1nccc(N3CCN(C(=O)C[C@@H]4CCCN4)CC3)c12.N#Cc1cc2c(cn1)[nH]c1nccc(N3CCN(C(=O)C[C@H]4CCCN4)CC3)c12.N#Cc1cc2c(cn1)[nH]c1nccc(O[C@H]3CNCC[C@H]3F)c12. The maximum atomic E-state index is 14.1. The van der Waals surface area contributed by atoms with E-state index in [-0.39, 0.29) is 11.8 Å². The molecule has 0 radical (unpaired) electrons. The van der Waals surface area contributed by atoms with Gasteiger partial charge in [0.2, 0.25) is 11.8 Å². The van der Waals surface area contributed by atoms with Gasteiger partial charge in [-0.25, -0.2) is 54.2 Å². The number of piperidine rings is 3. The monoisotopic (exact) mass is 1730 g/mol. The maximum Gasteiger partial charge on any atom is 0.224 e. The van der Waals surface area contributed by atoms with E-state index in [4.69, 9.17) is 20.5 Å². The van der Waals surface area contributed by atoms with Crippen molar-refractivity contribution in [1.29, 1.82) is 26.3 Å². The largest absolute Gasteiger partial charge is 0.485 e. The second kappa shape index (κ2) is 38.9. The zero-order chi connectivity index (χ0) is 88.4. The van der Waals surface area contributed by atoms with Gasteiger partial charge in [0.25, 0.3) is 0 Å². The summed E-state index contributed by atoms with van der Waals surface area (Å²) in [7, 11) is 0. The van der Waals surface area contributed by atoms with Gasteiger partial charge in [-0.15, -0.1) is 0 Å². The number of nitrogens with one attached hydrogen (secondary N) is 8. The van der Waals surface area contributed by atoms with Gasteiger partial charge in [0.05, 0.1) is 96.9 Å². The number of hydrogen-bond donors (Lipinski definition) is 8. The van der Waals surface area contributed by atoms with Crippen LogP contribution >= 0.6 is 0 Å².